The minimum absolute atomic E-state index is 0.135. The SMILES string of the molecule is CCn1oc2cc3nccc(Cl)c3cc2c1=O. The molecule has 3 aromatic rings. The van der Waals surface area contributed by atoms with Gasteiger partial charge in [0.05, 0.1) is 22.5 Å². The molecule has 5 heteroatoms. The highest BCUT2D eigenvalue weighted by Gasteiger charge is 2.11. The van der Waals surface area contributed by atoms with E-state index in [1.165, 1.54) is 4.74 Å². The number of fused-ring (bicyclic) bond motifs is 2. The van der Waals surface area contributed by atoms with Crippen LogP contribution < -0.4 is 5.56 Å². The molecular formula is C12H9ClN2O2. The predicted octanol–water partition coefficient (Wildman–Crippen LogP) is 2.82. The summed E-state index contributed by atoms with van der Waals surface area (Å²) in [4.78, 5) is 16.1. The topological polar surface area (TPSA) is 48.0 Å². The molecule has 2 aromatic heterocycles. The first-order valence-corrected chi connectivity index (χ1v) is 5.66. The van der Waals surface area contributed by atoms with Crippen molar-refractivity contribution in [2.24, 2.45) is 0 Å². The van der Waals surface area contributed by atoms with Crippen LogP contribution in [0.15, 0.2) is 33.7 Å². The number of nitrogens with zero attached hydrogens (tertiary/aromatic N) is 2. The maximum absolute atomic E-state index is 11.9. The highest BCUT2D eigenvalue weighted by Crippen LogP contribution is 2.25. The molecule has 0 radical (unpaired) electrons. The van der Waals surface area contributed by atoms with E-state index in [-0.39, 0.29) is 5.56 Å². The minimum Gasteiger partial charge on any atom is -0.376 e. The van der Waals surface area contributed by atoms with Gasteiger partial charge in [-0.15, -0.1) is 0 Å². The first kappa shape index (κ1) is 10.4. The molecule has 0 saturated heterocycles. The van der Waals surface area contributed by atoms with Crippen LogP contribution in [-0.2, 0) is 6.54 Å². The van der Waals surface area contributed by atoms with Crippen molar-refractivity contribution in [2.75, 3.05) is 0 Å². The van der Waals surface area contributed by atoms with Gasteiger partial charge in [-0.3, -0.25) is 9.78 Å². The quantitative estimate of drug-likeness (QED) is 0.665. The minimum atomic E-state index is -0.135. The number of aromatic nitrogens is 2. The first-order valence-electron chi connectivity index (χ1n) is 5.29. The van der Waals surface area contributed by atoms with Crippen LogP contribution in [0.1, 0.15) is 6.92 Å². The molecule has 0 aliphatic carbocycles. The molecular weight excluding hydrogens is 240 g/mol. The molecule has 0 saturated carbocycles. The molecule has 2 heterocycles. The average Bonchev–Trinajstić information content (AvgIpc) is 2.64. The van der Waals surface area contributed by atoms with Crippen LogP contribution in [0.25, 0.3) is 21.9 Å². The smallest absolute Gasteiger partial charge is 0.290 e. The van der Waals surface area contributed by atoms with Gasteiger partial charge in [-0.25, -0.2) is 0 Å². The van der Waals surface area contributed by atoms with E-state index in [0.717, 1.165) is 10.9 Å². The van der Waals surface area contributed by atoms with Gasteiger partial charge in [-0.05, 0) is 19.1 Å². The fourth-order valence-corrected chi connectivity index (χ4v) is 2.09. The molecule has 3 rings (SSSR count). The van der Waals surface area contributed by atoms with Crippen molar-refractivity contribution in [3.8, 4) is 0 Å². The molecule has 0 spiro atoms. The van der Waals surface area contributed by atoms with Crippen molar-refractivity contribution in [1.29, 1.82) is 0 Å². The number of pyridine rings is 1. The van der Waals surface area contributed by atoms with Gasteiger partial charge in [0.15, 0.2) is 5.58 Å². The van der Waals surface area contributed by atoms with Crippen LogP contribution in [0.2, 0.25) is 5.02 Å². The molecule has 0 aliphatic heterocycles. The van der Waals surface area contributed by atoms with Gasteiger partial charge >= 0.3 is 0 Å². The Bertz CT molecular complexity index is 773. The molecule has 0 N–H and O–H groups in total. The fraction of sp³-hybridized carbons (Fsp3) is 0.167. The van der Waals surface area contributed by atoms with Gasteiger partial charge in [0, 0.05) is 17.6 Å². The zero-order valence-corrected chi connectivity index (χ0v) is 9.86. The van der Waals surface area contributed by atoms with E-state index in [9.17, 15) is 4.79 Å². The monoisotopic (exact) mass is 248 g/mol. The molecule has 0 aliphatic rings. The summed E-state index contributed by atoms with van der Waals surface area (Å²) in [6, 6.07) is 5.18. The van der Waals surface area contributed by atoms with Crippen LogP contribution in [0, 0.1) is 0 Å². The number of rotatable bonds is 1. The van der Waals surface area contributed by atoms with Crippen LogP contribution in [0.3, 0.4) is 0 Å². The normalized spacial score (nSPS) is 11.4. The molecule has 1 aromatic carbocycles. The molecule has 17 heavy (non-hydrogen) atoms. The third-order valence-electron chi connectivity index (χ3n) is 2.74. The summed E-state index contributed by atoms with van der Waals surface area (Å²) in [6.45, 7) is 2.36. The molecule has 0 amide bonds. The maximum atomic E-state index is 11.9. The summed E-state index contributed by atoms with van der Waals surface area (Å²) in [5.41, 5.74) is 1.13. The van der Waals surface area contributed by atoms with Crippen molar-refractivity contribution in [3.63, 3.8) is 0 Å². The van der Waals surface area contributed by atoms with Crippen LogP contribution in [-0.4, -0.2) is 9.72 Å². The standard InChI is InChI=1S/C12H9ClN2O2/c1-2-15-12(16)8-5-7-9(13)3-4-14-10(7)6-11(8)17-15/h3-6H,2H2,1H3. The number of aryl methyl sites for hydroxylation is 1. The van der Waals surface area contributed by atoms with Gasteiger partial charge in [0.2, 0.25) is 0 Å². The molecule has 0 unspecified atom stereocenters. The van der Waals surface area contributed by atoms with Crippen molar-refractivity contribution < 1.29 is 4.52 Å². The highest BCUT2D eigenvalue weighted by atomic mass is 35.5. The maximum Gasteiger partial charge on any atom is 0.290 e. The third-order valence-corrected chi connectivity index (χ3v) is 3.07. The first-order chi connectivity index (χ1) is 8.20. The Morgan fingerprint density at radius 1 is 1.41 bits per heavy atom. The summed E-state index contributed by atoms with van der Waals surface area (Å²) < 4.78 is 6.73. The van der Waals surface area contributed by atoms with Crippen LogP contribution >= 0.6 is 11.6 Å². The Kier molecular flexibility index (Phi) is 2.19. The summed E-state index contributed by atoms with van der Waals surface area (Å²) in [7, 11) is 0. The summed E-state index contributed by atoms with van der Waals surface area (Å²) in [5.74, 6) is 0. The van der Waals surface area contributed by atoms with E-state index in [0.29, 0.717) is 22.5 Å². The number of benzene rings is 1. The predicted molar refractivity (Wildman–Crippen MR) is 66.5 cm³/mol. The highest BCUT2D eigenvalue weighted by molar-refractivity contribution is 6.35. The van der Waals surface area contributed by atoms with E-state index in [1.54, 1.807) is 24.4 Å². The lowest BCUT2D eigenvalue weighted by atomic mass is 10.1. The lowest BCUT2D eigenvalue weighted by Gasteiger charge is -1.97. The largest absolute Gasteiger partial charge is 0.376 e. The zero-order chi connectivity index (χ0) is 12.0. The number of hydrogen-bond donors (Lipinski definition) is 0. The summed E-state index contributed by atoms with van der Waals surface area (Å²) in [6.07, 6.45) is 1.63. The van der Waals surface area contributed by atoms with Gasteiger partial charge in [0.1, 0.15) is 0 Å². The number of halogens is 1. The molecule has 86 valence electrons. The van der Waals surface area contributed by atoms with Gasteiger partial charge < -0.3 is 4.52 Å². The fourth-order valence-electron chi connectivity index (χ4n) is 1.89. The van der Waals surface area contributed by atoms with E-state index >= 15 is 0 Å². The van der Waals surface area contributed by atoms with Crippen LogP contribution in [0.4, 0.5) is 0 Å². The van der Waals surface area contributed by atoms with E-state index in [4.69, 9.17) is 16.1 Å². The molecule has 4 nitrogen and oxygen atoms in total. The second-order valence-corrected chi connectivity index (χ2v) is 4.16. The Hall–Kier alpha value is -1.81. The Morgan fingerprint density at radius 2 is 2.24 bits per heavy atom. The van der Waals surface area contributed by atoms with Crippen molar-refractivity contribution in [2.45, 2.75) is 13.5 Å². The summed E-state index contributed by atoms with van der Waals surface area (Å²) in [5, 5.41) is 1.89. The van der Waals surface area contributed by atoms with Gasteiger partial charge in [-0.1, -0.05) is 11.6 Å². The second-order valence-electron chi connectivity index (χ2n) is 3.75. The Balaban J connectivity index is 2.51. The zero-order valence-electron chi connectivity index (χ0n) is 9.11. The lowest BCUT2D eigenvalue weighted by molar-refractivity contribution is 0.293. The van der Waals surface area contributed by atoms with Crippen LogP contribution in [0.5, 0.6) is 0 Å². The molecule has 0 bridgehead atoms. The van der Waals surface area contributed by atoms with Gasteiger partial charge in [-0.2, -0.15) is 4.74 Å². The van der Waals surface area contributed by atoms with E-state index in [1.807, 2.05) is 6.92 Å². The molecule has 0 atom stereocenters. The average molecular weight is 249 g/mol. The van der Waals surface area contributed by atoms with E-state index in [2.05, 4.69) is 4.98 Å². The number of hydrogen-bond acceptors (Lipinski definition) is 3. The van der Waals surface area contributed by atoms with Crippen molar-refractivity contribution in [3.05, 3.63) is 39.8 Å². The Morgan fingerprint density at radius 3 is 3.00 bits per heavy atom. The van der Waals surface area contributed by atoms with E-state index < -0.39 is 0 Å². The van der Waals surface area contributed by atoms with Crippen molar-refractivity contribution >= 4 is 33.5 Å². The third kappa shape index (κ3) is 1.45. The molecule has 0 fully saturated rings. The lowest BCUT2D eigenvalue weighted by Crippen LogP contribution is -2.12. The summed E-state index contributed by atoms with van der Waals surface area (Å²) >= 11 is 6.07. The Labute approximate surface area is 101 Å². The van der Waals surface area contributed by atoms with Gasteiger partial charge in [0.25, 0.3) is 5.56 Å². The second kappa shape index (κ2) is 3.60. The van der Waals surface area contributed by atoms with Crippen molar-refractivity contribution in [1.82, 2.24) is 9.72 Å².